The maximum Gasteiger partial charge on any atom is 0.307 e. The van der Waals surface area contributed by atoms with Crippen LogP contribution in [0.15, 0.2) is 30.3 Å². The fraction of sp³-hybridized carbons (Fsp3) is 0.458. The summed E-state index contributed by atoms with van der Waals surface area (Å²) >= 11 is 0. The number of rotatable bonds is 5. The average molecular weight is 431 g/mol. The lowest BCUT2D eigenvalue weighted by Gasteiger charge is -2.35. The van der Waals surface area contributed by atoms with Crippen LogP contribution in [0, 0.1) is 23.5 Å². The smallest absolute Gasteiger partial charge is 0.307 e. The summed E-state index contributed by atoms with van der Waals surface area (Å²) in [4.78, 5) is 12.6. The Morgan fingerprint density at radius 2 is 1.94 bits per heavy atom. The molecule has 164 valence electrons. The van der Waals surface area contributed by atoms with Crippen molar-refractivity contribution in [2.24, 2.45) is 11.8 Å². The van der Waals surface area contributed by atoms with Crippen molar-refractivity contribution < 1.29 is 27.8 Å². The van der Waals surface area contributed by atoms with Gasteiger partial charge in [0, 0.05) is 18.7 Å². The molecule has 3 atom stereocenters. The molecule has 0 amide bonds. The summed E-state index contributed by atoms with van der Waals surface area (Å²) in [6.07, 6.45) is 0.937. The number of hydrogen-bond acceptors (Lipinski definition) is 3. The number of ether oxygens (including phenoxy) is 1. The van der Waals surface area contributed by atoms with Crippen LogP contribution in [-0.4, -0.2) is 23.7 Å². The van der Waals surface area contributed by atoms with Crippen molar-refractivity contribution in [1.29, 1.82) is 0 Å². The highest BCUT2D eigenvalue weighted by molar-refractivity contribution is 5.75. The predicted octanol–water partition coefficient (Wildman–Crippen LogP) is 5.36. The van der Waals surface area contributed by atoms with Gasteiger partial charge in [0.25, 0.3) is 0 Å². The number of hydrogen-bond donors (Lipinski definition) is 1. The average Bonchev–Trinajstić information content (AvgIpc) is 3.50. The van der Waals surface area contributed by atoms with E-state index in [1.54, 1.807) is 12.1 Å². The molecule has 0 unspecified atom stereocenters. The van der Waals surface area contributed by atoms with Gasteiger partial charge >= 0.3 is 5.97 Å². The molecule has 0 spiro atoms. The first-order valence-corrected chi connectivity index (χ1v) is 10.7. The number of carboxylic acids is 1. The van der Waals surface area contributed by atoms with Gasteiger partial charge in [0.1, 0.15) is 11.9 Å². The Morgan fingerprint density at radius 3 is 2.61 bits per heavy atom. The molecule has 2 saturated carbocycles. The maximum atomic E-state index is 15.1. The van der Waals surface area contributed by atoms with Crippen LogP contribution < -0.4 is 9.64 Å². The quantitative estimate of drug-likeness (QED) is 0.692. The number of alkyl halides is 1. The van der Waals surface area contributed by atoms with Gasteiger partial charge in [0.05, 0.1) is 24.3 Å². The molecule has 31 heavy (non-hydrogen) atoms. The van der Waals surface area contributed by atoms with Crippen LogP contribution in [0.5, 0.6) is 5.75 Å². The van der Waals surface area contributed by atoms with E-state index in [1.165, 1.54) is 11.0 Å². The van der Waals surface area contributed by atoms with Crippen LogP contribution >= 0.6 is 0 Å². The van der Waals surface area contributed by atoms with Gasteiger partial charge in [-0.05, 0) is 47.8 Å². The number of benzene rings is 2. The zero-order valence-electron chi connectivity index (χ0n) is 17.2. The SMILES string of the molecule is CC1CC(Oc2cc(F)c(F)c(N3Cc4ccc([C@H]5C[C@@H]5C(=O)O)cc4[C@H](F)C3)c2)C1. The Morgan fingerprint density at radius 1 is 1.16 bits per heavy atom. The molecule has 7 heteroatoms. The number of anilines is 1. The Kier molecular flexibility index (Phi) is 4.87. The molecule has 2 aromatic rings. The third kappa shape index (κ3) is 3.75. The molecule has 5 rings (SSSR count). The van der Waals surface area contributed by atoms with E-state index in [9.17, 15) is 13.6 Å². The van der Waals surface area contributed by atoms with Crippen LogP contribution in [-0.2, 0) is 11.3 Å². The molecular formula is C24H24F3NO3. The maximum absolute atomic E-state index is 15.1. The molecule has 1 N–H and O–H groups in total. The molecule has 2 fully saturated rings. The number of fused-ring (bicyclic) bond motifs is 1. The van der Waals surface area contributed by atoms with Crippen molar-refractivity contribution >= 4 is 11.7 Å². The summed E-state index contributed by atoms with van der Waals surface area (Å²) in [6.45, 7) is 2.24. The van der Waals surface area contributed by atoms with Gasteiger partial charge in [-0.25, -0.2) is 13.2 Å². The molecule has 2 aliphatic carbocycles. The second kappa shape index (κ2) is 7.46. The van der Waals surface area contributed by atoms with Crippen LogP contribution in [0.25, 0.3) is 0 Å². The molecule has 3 aliphatic rings. The predicted molar refractivity (Wildman–Crippen MR) is 109 cm³/mol. The number of nitrogens with zero attached hydrogens (tertiary/aromatic N) is 1. The molecule has 1 aliphatic heterocycles. The second-order valence-corrected chi connectivity index (χ2v) is 9.15. The highest BCUT2D eigenvalue weighted by Gasteiger charge is 2.44. The highest BCUT2D eigenvalue weighted by atomic mass is 19.2. The number of halogens is 3. The van der Waals surface area contributed by atoms with Gasteiger partial charge in [0.15, 0.2) is 11.6 Å². The van der Waals surface area contributed by atoms with Gasteiger partial charge < -0.3 is 14.7 Å². The van der Waals surface area contributed by atoms with E-state index in [-0.39, 0.29) is 36.5 Å². The molecule has 0 bridgehead atoms. The zero-order valence-corrected chi connectivity index (χ0v) is 17.2. The van der Waals surface area contributed by atoms with Crippen LogP contribution in [0.3, 0.4) is 0 Å². The Balaban J connectivity index is 1.38. The summed E-state index contributed by atoms with van der Waals surface area (Å²) in [5, 5.41) is 9.14. The van der Waals surface area contributed by atoms with E-state index in [0.717, 1.165) is 24.5 Å². The first-order chi connectivity index (χ1) is 14.8. The van der Waals surface area contributed by atoms with E-state index in [4.69, 9.17) is 9.84 Å². The monoisotopic (exact) mass is 431 g/mol. The van der Waals surface area contributed by atoms with Gasteiger partial charge in [-0.2, -0.15) is 0 Å². The Hall–Kier alpha value is -2.70. The molecule has 0 aromatic heterocycles. The number of carboxylic acid groups (broad SMARTS) is 1. The number of carbonyl (C=O) groups is 1. The molecule has 0 radical (unpaired) electrons. The summed E-state index contributed by atoms with van der Waals surface area (Å²) in [5.74, 6) is -2.52. The van der Waals surface area contributed by atoms with Crippen molar-refractivity contribution in [3.05, 3.63) is 58.7 Å². The van der Waals surface area contributed by atoms with E-state index in [1.807, 2.05) is 6.07 Å². The third-order valence-corrected chi connectivity index (χ3v) is 6.74. The number of aliphatic carboxylic acids is 1. The van der Waals surface area contributed by atoms with E-state index >= 15 is 4.39 Å². The van der Waals surface area contributed by atoms with Crippen molar-refractivity contribution in [3.8, 4) is 5.75 Å². The standard InChI is InChI=1S/C24H24F3NO3/c1-12-4-15(5-12)31-16-7-20(25)23(27)22(8-16)28-10-14-3-2-13(6-18(14)21(26)11-28)17-9-19(17)24(29)30/h2-3,6-8,12,15,17,19,21H,4-5,9-11H2,1H3,(H,29,30)/t12?,15?,17-,19+,21-/m1/s1. The summed E-state index contributed by atoms with van der Waals surface area (Å²) in [5.41, 5.74) is 2.01. The van der Waals surface area contributed by atoms with Gasteiger partial charge in [-0.15, -0.1) is 0 Å². The lowest BCUT2D eigenvalue weighted by atomic mass is 9.84. The van der Waals surface area contributed by atoms with Gasteiger partial charge in [0.2, 0.25) is 0 Å². The minimum atomic E-state index is -1.38. The normalized spacial score (nSPS) is 29.2. The first-order valence-electron chi connectivity index (χ1n) is 10.7. The molecule has 4 nitrogen and oxygen atoms in total. The van der Waals surface area contributed by atoms with Crippen molar-refractivity contribution in [1.82, 2.24) is 0 Å². The van der Waals surface area contributed by atoms with Crippen LogP contribution in [0.2, 0.25) is 0 Å². The minimum absolute atomic E-state index is 0.000750. The second-order valence-electron chi connectivity index (χ2n) is 9.15. The topological polar surface area (TPSA) is 49.8 Å². The van der Waals surface area contributed by atoms with E-state index in [0.29, 0.717) is 23.5 Å². The first kappa shape index (κ1) is 20.2. The van der Waals surface area contributed by atoms with Crippen LogP contribution in [0.4, 0.5) is 18.9 Å². The summed E-state index contributed by atoms with van der Waals surface area (Å²) in [6, 6.07) is 7.82. The van der Waals surface area contributed by atoms with Crippen molar-refractivity contribution in [2.45, 2.75) is 50.9 Å². The van der Waals surface area contributed by atoms with Crippen molar-refractivity contribution in [3.63, 3.8) is 0 Å². The third-order valence-electron chi connectivity index (χ3n) is 6.74. The molecule has 2 aromatic carbocycles. The summed E-state index contributed by atoms with van der Waals surface area (Å²) < 4.78 is 49.7. The molecule has 1 heterocycles. The van der Waals surface area contributed by atoms with Gasteiger partial charge in [-0.1, -0.05) is 25.1 Å². The van der Waals surface area contributed by atoms with Crippen LogP contribution in [0.1, 0.15) is 55.0 Å². The lowest BCUT2D eigenvalue weighted by Crippen LogP contribution is -2.34. The lowest BCUT2D eigenvalue weighted by molar-refractivity contribution is -0.138. The zero-order chi connectivity index (χ0) is 21.9. The van der Waals surface area contributed by atoms with Crippen molar-refractivity contribution in [2.75, 3.05) is 11.4 Å². The van der Waals surface area contributed by atoms with E-state index in [2.05, 4.69) is 6.92 Å². The Labute approximate surface area is 178 Å². The summed E-state index contributed by atoms with van der Waals surface area (Å²) in [7, 11) is 0. The molecule has 0 saturated heterocycles. The highest BCUT2D eigenvalue weighted by Crippen LogP contribution is 2.49. The molecular weight excluding hydrogens is 407 g/mol. The fourth-order valence-corrected chi connectivity index (χ4v) is 4.83. The van der Waals surface area contributed by atoms with Gasteiger partial charge in [-0.3, -0.25) is 4.79 Å². The Bertz CT molecular complexity index is 1040. The largest absolute Gasteiger partial charge is 0.490 e. The fourth-order valence-electron chi connectivity index (χ4n) is 4.83. The minimum Gasteiger partial charge on any atom is -0.490 e. The van der Waals surface area contributed by atoms with E-state index < -0.39 is 29.7 Å².